The first-order chi connectivity index (χ1) is 11.7. The molecule has 2 aliphatic heterocycles. The smallest absolute Gasteiger partial charge is 0.241 e. The Hall–Kier alpha value is -1.43. The van der Waals surface area contributed by atoms with Gasteiger partial charge in [-0.05, 0) is 24.5 Å². The predicted molar refractivity (Wildman–Crippen MR) is 96.5 cm³/mol. The van der Waals surface area contributed by atoms with Gasteiger partial charge in [0.25, 0.3) is 0 Å². The topological polar surface area (TPSA) is 36.0 Å². The molecule has 0 radical (unpaired) electrons. The van der Waals surface area contributed by atoms with Gasteiger partial charge in [0, 0.05) is 51.6 Å². The third-order valence-electron chi connectivity index (χ3n) is 5.29. The molecule has 5 nitrogen and oxygen atoms in total. The molecule has 0 saturated carbocycles. The third kappa shape index (κ3) is 3.79. The van der Waals surface area contributed by atoms with Gasteiger partial charge in [0.05, 0.1) is 13.2 Å². The summed E-state index contributed by atoms with van der Waals surface area (Å²) in [7, 11) is 1.75. The zero-order chi connectivity index (χ0) is 16.9. The molecule has 1 saturated heterocycles. The van der Waals surface area contributed by atoms with E-state index < -0.39 is 0 Å². The number of para-hydroxylation sites is 1. The Balaban J connectivity index is 1.56. The molecule has 2 heterocycles. The molecule has 5 heteroatoms. The number of ether oxygens (including phenoxy) is 1. The van der Waals surface area contributed by atoms with Gasteiger partial charge in [-0.25, -0.2) is 0 Å². The maximum Gasteiger partial charge on any atom is 0.241 e. The van der Waals surface area contributed by atoms with E-state index in [1.165, 1.54) is 5.56 Å². The number of carbonyl (C=O) groups excluding carboxylic acids is 1. The molecule has 132 valence electrons. The van der Waals surface area contributed by atoms with Crippen molar-refractivity contribution in [2.24, 2.45) is 0 Å². The van der Waals surface area contributed by atoms with Gasteiger partial charge in [0.2, 0.25) is 5.91 Å². The van der Waals surface area contributed by atoms with E-state index in [9.17, 15) is 4.79 Å². The second-order valence-corrected chi connectivity index (χ2v) is 6.75. The molecule has 1 atom stereocenters. The van der Waals surface area contributed by atoms with Crippen molar-refractivity contribution in [3.63, 3.8) is 0 Å². The van der Waals surface area contributed by atoms with Crippen molar-refractivity contribution in [2.45, 2.75) is 25.8 Å². The maximum atomic E-state index is 12.8. The van der Waals surface area contributed by atoms with E-state index in [0.717, 1.165) is 57.9 Å². The van der Waals surface area contributed by atoms with Gasteiger partial charge in [0.15, 0.2) is 0 Å². The van der Waals surface area contributed by atoms with E-state index in [1.54, 1.807) is 7.11 Å². The molecule has 0 unspecified atom stereocenters. The molecule has 0 aliphatic carbocycles. The zero-order valence-corrected chi connectivity index (χ0v) is 14.9. The molecule has 24 heavy (non-hydrogen) atoms. The van der Waals surface area contributed by atoms with Crippen molar-refractivity contribution in [1.82, 2.24) is 9.80 Å². The van der Waals surface area contributed by atoms with Gasteiger partial charge in [0.1, 0.15) is 0 Å². The Morgan fingerprint density at radius 2 is 2.08 bits per heavy atom. The highest BCUT2D eigenvalue weighted by Gasteiger charge is 2.29. The largest absolute Gasteiger partial charge is 0.383 e. The van der Waals surface area contributed by atoms with Crippen LogP contribution in [0.3, 0.4) is 0 Å². The molecular weight excluding hydrogens is 302 g/mol. The van der Waals surface area contributed by atoms with Crippen molar-refractivity contribution in [3.05, 3.63) is 29.8 Å². The summed E-state index contributed by atoms with van der Waals surface area (Å²) in [6.45, 7) is 8.30. The van der Waals surface area contributed by atoms with Crippen LogP contribution < -0.4 is 4.90 Å². The van der Waals surface area contributed by atoms with Crippen LogP contribution in [0.2, 0.25) is 0 Å². The summed E-state index contributed by atoms with van der Waals surface area (Å²) < 4.78 is 5.21. The van der Waals surface area contributed by atoms with Crippen molar-refractivity contribution < 1.29 is 9.53 Å². The highest BCUT2D eigenvalue weighted by atomic mass is 16.5. The number of rotatable bonds is 6. The zero-order valence-electron chi connectivity index (χ0n) is 14.9. The average Bonchev–Trinajstić information content (AvgIpc) is 3.04. The second-order valence-electron chi connectivity index (χ2n) is 6.75. The first-order valence-corrected chi connectivity index (χ1v) is 9.06. The van der Waals surface area contributed by atoms with Gasteiger partial charge in [-0.3, -0.25) is 14.6 Å². The van der Waals surface area contributed by atoms with E-state index in [2.05, 4.69) is 34.9 Å². The molecule has 3 rings (SSSR count). The minimum absolute atomic E-state index is 0.236. The minimum Gasteiger partial charge on any atom is -0.383 e. The molecule has 0 N–H and O–H groups in total. The SMILES string of the molecule is CC[C@@H]1CN(CC(=O)N2CCc3ccccc32)CCN1CCOC. The monoisotopic (exact) mass is 331 g/mol. The van der Waals surface area contributed by atoms with Crippen molar-refractivity contribution in [1.29, 1.82) is 0 Å². The molecule has 2 aliphatic rings. The van der Waals surface area contributed by atoms with E-state index in [0.29, 0.717) is 12.6 Å². The number of piperazine rings is 1. The number of hydrogen-bond donors (Lipinski definition) is 0. The lowest BCUT2D eigenvalue weighted by molar-refractivity contribution is -0.120. The Morgan fingerprint density at radius 1 is 1.25 bits per heavy atom. The van der Waals surface area contributed by atoms with Crippen LogP contribution in [0, 0.1) is 0 Å². The normalized spacial score (nSPS) is 21.9. The van der Waals surface area contributed by atoms with Gasteiger partial charge >= 0.3 is 0 Å². The number of nitrogens with zero attached hydrogens (tertiary/aromatic N) is 3. The first-order valence-electron chi connectivity index (χ1n) is 9.06. The fourth-order valence-corrected chi connectivity index (χ4v) is 3.87. The van der Waals surface area contributed by atoms with Crippen LogP contribution in [0.5, 0.6) is 0 Å². The Bertz CT molecular complexity index is 563. The van der Waals surface area contributed by atoms with Gasteiger partial charge in [-0.2, -0.15) is 0 Å². The molecule has 1 amide bonds. The predicted octanol–water partition coefficient (Wildman–Crippen LogP) is 1.62. The molecule has 0 bridgehead atoms. The standard InChI is InChI=1S/C19H29N3O2/c1-3-17-14-20(10-11-21(17)12-13-24-2)15-19(23)22-9-8-16-6-4-5-7-18(16)22/h4-7,17H,3,8-15H2,1-2H3/t17-/m1/s1. The van der Waals surface area contributed by atoms with Crippen LogP contribution in [0.4, 0.5) is 5.69 Å². The third-order valence-corrected chi connectivity index (χ3v) is 5.29. The van der Waals surface area contributed by atoms with Gasteiger partial charge in [-0.1, -0.05) is 25.1 Å². The summed E-state index contributed by atoms with van der Waals surface area (Å²) in [5, 5.41) is 0. The lowest BCUT2D eigenvalue weighted by Gasteiger charge is -2.41. The Labute approximate surface area is 145 Å². The molecular formula is C19H29N3O2. The number of hydrogen-bond acceptors (Lipinski definition) is 4. The van der Waals surface area contributed by atoms with E-state index in [1.807, 2.05) is 11.0 Å². The Morgan fingerprint density at radius 3 is 2.88 bits per heavy atom. The highest BCUT2D eigenvalue weighted by Crippen LogP contribution is 2.27. The molecule has 1 fully saturated rings. The minimum atomic E-state index is 0.236. The summed E-state index contributed by atoms with van der Waals surface area (Å²) >= 11 is 0. The second kappa shape index (κ2) is 8.10. The first kappa shape index (κ1) is 17.4. The summed E-state index contributed by atoms with van der Waals surface area (Å²) in [5.74, 6) is 0.236. The molecule has 1 aromatic rings. The summed E-state index contributed by atoms with van der Waals surface area (Å²) in [4.78, 5) is 19.6. The van der Waals surface area contributed by atoms with Gasteiger partial charge < -0.3 is 9.64 Å². The van der Waals surface area contributed by atoms with Gasteiger partial charge in [-0.15, -0.1) is 0 Å². The lowest BCUT2D eigenvalue weighted by atomic mass is 10.1. The molecule has 0 aromatic heterocycles. The van der Waals surface area contributed by atoms with Crippen molar-refractivity contribution >= 4 is 11.6 Å². The number of benzene rings is 1. The quantitative estimate of drug-likeness (QED) is 0.794. The number of fused-ring (bicyclic) bond motifs is 1. The fourth-order valence-electron chi connectivity index (χ4n) is 3.87. The summed E-state index contributed by atoms with van der Waals surface area (Å²) in [6.07, 6.45) is 2.09. The van der Waals surface area contributed by atoms with Crippen LogP contribution in [0.25, 0.3) is 0 Å². The summed E-state index contributed by atoms with van der Waals surface area (Å²) in [6, 6.07) is 8.79. The number of anilines is 1. The average molecular weight is 331 g/mol. The van der Waals surface area contributed by atoms with Crippen LogP contribution in [0.15, 0.2) is 24.3 Å². The molecule has 1 aromatic carbocycles. The van der Waals surface area contributed by atoms with E-state index in [4.69, 9.17) is 4.74 Å². The van der Waals surface area contributed by atoms with Crippen LogP contribution in [0.1, 0.15) is 18.9 Å². The number of methoxy groups -OCH3 is 1. The Kier molecular flexibility index (Phi) is 5.87. The number of amides is 1. The fraction of sp³-hybridized carbons (Fsp3) is 0.632. The molecule has 0 spiro atoms. The van der Waals surface area contributed by atoms with Crippen LogP contribution in [-0.2, 0) is 16.0 Å². The highest BCUT2D eigenvalue weighted by molar-refractivity contribution is 5.96. The summed E-state index contributed by atoms with van der Waals surface area (Å²) in [5.41, 5.74) is 2.40. The number of carbonyl (C=O) groups is 1. The van der Waals surface area contributed by atoms with Crippen molar-refractivity contribution in [2.75, 3.05) is 57.9 Å². The lowest BCUT2D eigenvalue weighted by Crippen LogP contribution is -2.55. The van der Waals surface area contributed by atoms with E-state index >= 15 is 0 Å². The maximum absolute atomic E-state index is 12.8. The van der Waals surface area contributed by atoms with Crippen LogP contribution >= 0.6 is 0 Å². The van der Waals surface area contributed by atoms with Crippen molar-refractivity contribution in [3.8, 4) is 0 Å². The van der Waals surface area contributed by atoms with Crippen LogP contribution in [-0.4, -0.2) is 74.7 Å². The van der Waals surface area contributed by atoms with E-state index in [-0.39, 0.29) is 5.91 Å².